The summed E-state index contributed by atoms with van der Waals surface area (Å²) in [5.74, 6) is 0.459. The predicted octanol–water partition coefficient (Wildman–Crippen LogP) is 3.07. The number of anilines is 1. The Labute approximate surface area is 100 Å². The third-order valence-electron chi connectivity index (χ3n) is 2.64. The molecule has 0 radical (unpaired) electrons. The first-order chi connectivity index (χ1) is 7.67. The van der Waals surface area contributed by atoms with E-state index in [1.54, 1.807) is 0 Å². The van der Waals surface area contributed by atoms with Crippen molar-refractivity contribution in [1.29, 1.82) is 0 Å². The number of nitrogens with one attached hydrogen (secondary N) is 1. The van der Waals surface area contributed by atoms with Crippen LogP contribution in [0.3, 0.4) is 0 Å². The molecular weight excluding hydrogens is 229 g/mol. The predicted molar refractivity (Wildman–Crippen MR) is 64.2 cm³/mol. The Morgan fingerprint density at radius 3 is 2.38 bits per heavy atom. The van der Waals surface area contributed by atoms with Crippen LogP contribution >= 0.6 is 11.6 Å². The Hall–Kier alpha value is -0.900. The Morgan fingerprint density at radius 2 is 1.88 bits per heavy atom. The summed E-state index contributed by atoms with van der Waals surface area (Å²) >= 11 is 6.24. The minimum Gasteiger partial charge on any atom is -0.353 e. The topological polar surface area (TPSA) is 37.8 Å². The molecular formula is C11H17ClFN3. The number of alkyl halides is 1. The molecule has 0 aliphatic carbocycles. The van der Waals surface area contributed by atoms with E-state index in [9.17, 15) is 4.39 Å². The van der Waals surface area contributed by atoms with Crippen LogP contribution < -0.4 is 5.32 Å². The highest BCUT2D eigenvalue weighted by Gasteiger charge is 2.15. The number of hydrogen-bond acceptors (Lipinski definition) is 3. The van der Waals surface area contributed by atoms with Crippen molar-refractivity contribution in [3.8, 4) is 0 Å². The van der Waals surface area contributed by atoms with Crippen LogP contribution in [0.2, 0.25) is 0 Å². The Morgan fingerprint density at radius 1 is 1.31 bits per heavy atom. The maximum Gasteiger partial charge on any atom is 0.222 e. The maximum absolute atomic E-state index is 12.5. The molecule has 0 aromatic carbocycles. The first-order valence-corrected chi connectivity index (χ1v) is 5.96. The van der Waals surface area contributed by atoms with Gasteiger partial charge in [0.15, 0.2) is 5.82 Å². The molecule has 1 aromatic rings. The van der Waals surface area contributed by atoms with Crippen molar-refractivity contribution in [2.24, 2.45) is 5.92 Å². The van der Waals surface area contributed by atoms with Gasteiger partial charge >= 0.3 is 0 Å². The quantitative estimate of drug-likeness (QED) is 0.783. The van der Waals surface area contributed by atoms with E-state index in [1.807, 2.05) is 0 Å². The average molecular weight is 246 g/mol. The van der Waals surface area contributed by atoms with Crippen LogP contribution in [0.15, 0.2) is 12.4 Å². The van der Waals surface area contributed by atoms with Gasteiger partial charge in [0.25, 0.3) is 0 Å². The Bertz CT molecular complexity index is 301. The van der Waals surface area contributed by atoms with Crippen molar-refractivity contribution in [2.75, 3.05) is 11.9 Å². The Balaban J connectivity index is 2.42. The largest absolute Gasteiger partial charge is 0.353 e. The fourth-order valence-corrected chi connectivity index (χ4v) is 1.99. The molecule has 0 amide bonds. The van der Waals surface area contributed by atoms with Crippen LogP contribution in [0.4, 0.5) is 10.3 Å². The summed E-state index contributed by atoms with van der Waals surface area (Å²) in [5, 5.41) is 3.04. The minimum atomic E-state index is -0.437. The van der Waals surface area contributed by atoms with Crippen LogP contribution in [0.25, 0.3) is 0 Å². The molecule has 0 spiro atoms. The first-order valence-electron chi connectivity index (χ1n) is 5.52. The monoisotopic (exact) mass is 245 g/mol. The fraction of sp³-hybridized carbons (Fsp3) is 0.636. The number of nitrogens with zero attached hydrogens (tertiary/aromatic N) is 2. The van der Waals surface area contributed by atoms with Crippen molar-refractivity contribution in [3.05, 3.63) is 18.2 Å². The molecule has 0 aliphatic rings. The second-order valence-corrected chi connectivity index (χ2v) is 4.26. The van der Waals surface area contributed by atoms with Crippen LogP contribution in [0.5, 0.6) is 0 Å². The van der Waals surface area contributed by atoms with Gasteiger partial charge in [-0.3, -0.25) is 0 Å². The molecule has 1 N–H and O–H groups in total. The lowest BCUT2D eigenvalue weighted by Gasteiger charge is -2.19. The highest BCUT2D eigenvalue weighted by molar-refractivity contribution is 6.21. The number of aromatic nitrogens is 2. The van der Waals surface area contributed by atoms with Crippen LogP contribution in [0.1, 0.15) is 26.7 Å². The van der Waals surface area contributed by atoms with Crippen molar-refractivity contribution < 1.29 is 4.39 Å². The number of hydrogen-bond donors (Lipinski definition) is 1. The smallest absolute Gasteiger partial charge is 0.222 e. The molecule has 1 heterocycles. The lowest BCUT2D eigenvalue weighted by Crippen LogP contribution is -2.23. The van der Waals surface area contributed by atoms with Gasteiger partial charge < -0.3 is 5.32 Å². The van der Waals surface area contributed by atoms with E-state index in [0.29, 0.717) is 18.4 Å². The average Bonchev–Trinajstić information content (AvgIpc) is 2.30. The lowest BCUT2D eigenvalue weighted by molar-refractivity contribution is 0.475. The molecule has 0 saturated carbocycles. The van der Waals surface area contributed by atoms with Gasteiger partial charge in [0.05, 0.1) is 17.8 Å². The summed E-state index contributed by atoms with van der Waals surface area (Å²) in [4.78, 5) is 7.61. The van der Waals surface area contributed by atoms with E-state index >= 15 is 0 Å². The third-order valence-corrected chi connectivity index (χ3v) is 3.15. The van der Waals surface area contributed by atoms with Gasteiger partial charge in [-0.1, -0.05) is 26.7 Å². The zero-order valence-corrected chi connectivity index (χ0v) is 10.3. The van der Waals surface area contributed by atoms with E-state index < -0.39 is 5.82 Å². The molecule has 0 saturated heterocycles. The summed E-state index contributed by atoms with van der Waals surface area (Å²) in [7, 11) is 0. The molecule has 1 unspecified atom stereocenters. The molecule has 16 heavy (non-hydrogen) atoms. The molecule has 1 aromatic heterocycles. The first kappa shape index (κ1) is 13.2. The SMILES string of the molecule is CCC(CC)C(Cl)CNc1ncc(F)cn1. The van der Waals surface area contributed by atoms with E-state index in [-0.39, 0.29) is 5.38 Å². The van der Waals surface area contributed by atoms with Gasteiger partial charge in [-0.25, -0.2) is 14.4 Å². The molecule has 1 rings (SSSR count). The van der Waals surface area contributed by atoms with Crippen LogP contribution in [0, 0.1) is 11.7 Å². The van der Waals surface area contributed by atoms with Gasteiger partial charge in [-0.15, -0.1) is 11.6 Å². The number of halogens is 2. The second-order valence-electron chi connectivity index (χ2n) is 3.70. The summed E-state index contributed by atoms with van der Waals surface area (Å²) in [5.41, 5.74) is 0. The van der Waals surface area contributed by atoms with E-state index in [1.165, 1.54) is 0 Å². The molecule has 3 nitrogen and oxygen atoms in total. The third kappa shape index (κ3) is 3.93. The summed E-state index contributed by atoms with van der Waals surface area (Å²) in [6.45, 7) is 4.84. The fourth-order valence-electron chi connectivity index (χ4n) is 1.56. The molecule has 0 fully saturated rings. The second kappa shape index (κ2) is 6.63. The van der Waals surface area contributed by atoms with Crippen molar-refractivity contribution >= 4 is 17.5 Å². The highest BCUT2D eigenvalue weighted by Crippen LogP contribution is 2.18. The van der Waals surface area contributed by atoms with Crippen LogP contribution in [-0.4, -0.2) is 21.9 Å². The van der Waals surface area contributed by atoms with Gasteiger partial charge in [-0.05, 0) is 5.92 Å². The van der Waals surface area contributed by atoms with Crippen molar-refractivity contribution in [2.45, 2.75) is 32.1 Å². The van der Waals surface area contributed by atoms with E-state index in [2.05, 4.69) is 29.1 Å². The highest BCUT2D eigenvalue weighted by atomic mass is 35.5. The standard InChI is InChI=1S/C11H17ClFN3/c1-3-8(4-2)10(12)7-16-11-14-5-9(13)6-15-11/h5-6,8,10H,3-4,7H2,1-2H3,(H,14,15,16). The Kier molecular flexibility index (Phi) is 5.46. The van der Waals surface area contributed by atoms with Gasteiger partial charge in [0.2, 0.25) is 5.95 Å². The lowest BCUT2D eigenvalue weighted by atomic mass is 9.99. The maximum atomic E-state index is 12.5. The molecule has 0 bridgehead atoms. The van der Waals surface area contributed by atoms with E-state index in [0.717, 1.165) is 25.2 Å². The van der Waals surface area contributed by atoms with Gasteiger partial charge in [0, 0.05) is 6.54 Å². The minimum absolute atomic E-state index is 0.0450. The molecule has 90 valence electrons. The molecule has 1 atom stereocenters. The number of rotatable bonds is 6. The van der Waals surface area contributed by atoms with Crippen LogP contribution in [-0.2, 0) is 0 Å². The molecule has 0 aliphatic heterocycles. The van der Waals surface area contributed by atoms with Crippen molar-refractivity contribution in [3.63, 3.8) is 0 Å². The normalized spacial score (nSPS) is 12.8. The summed E-state index contributed by atoms with van der Waals surface area (Å²) < 4.78 is 12.5. The molecule has 5 heteroatoms. The summed E-state index contributed by atoms with van der Waals surface area (Å²) in [6, 6.07) is 0. The van der Waals surface area contributed by atoms with Gasteiger partial charge in [0.1, 0.15) is 0 Å². The zero-order chi connectivity index (χ0) is 12.0. The van der Waals surface area contributed by atoms with Gasteiger partial charge in [-0.2, -0.15) is 0 Å². The zero-order valence-electron chi connectivity index (χ0n) is 9.58. The summed E-state index contributed by atoms with van der Waals surface area (Å²) in [6.07, 6.45) is 4.37. The van der Waals surface area contributed by atoms with E-state index in [4.69, 9.17) is 11.6 Å². The van der Waals surface area contributed by atoms with Crippen molar-refractivity contribution in [1.82, 2.24) is 9.97 Å².